The highest BCUT2D eigenvalue weighted by molar-refractivity contribution is 9.10. The standard InChI is InChI=1S/C15H20BrNO4/c1-10(3-6-14(18)19)7-8-17-15(20)12-9-11(21-2)4-5-13(12)16/h4-5,9-10H,3,6-8H2,1-2H3,(H,17,20)(H,18,19). The van der Waals surface area contributed by atoms with Crippen molar-refractivity contribution in [3.63, 3.8) is 0 Å². The number of hydrogen-bond donors (Lipinski definition) is 2. The summed E-state index contributed by atoms with van der Waals surface area (Å²) in [6, 6.07) is 5.21. The summed E-state index contributed by atoms with van der Waals surface area (Å²) in [7, 11) is 1.55. The van der Waals surface area contributed by atoms with Gasteiger partial charge in [0.05, 0.1) is 12.7 Å². The number of carboxylic acids is 1. The molecule has 21 heavy (non-hydrogen) atoms. The van der Waals surface area contributed by atoms with Gasteiger partial charge in [-0.3, -0.25) is 9.59 Å². The second-order valence-electron chi connectivity index (χ2n) is 4.93. The van der Waals surface area contributed by atoms with Crippen LogP contribution in [0.4, 0.5) is 0 Å². The molecule has 0 bridgehead atoms. The van der Waals surface area contributed by atoms with E-state index in [9.17, 15) is 9.59 Å². The van der Waals surface area contributed by atoms with Crippen LogP contribution in [-0.4, -0.2) is 30.6 Å². The summed E-state index contributed by atoms with van der Waals surface area (Å²) in [5.41, 5.74) is 0.521. The molecule has 1 aromatic rings. The van der Waals surface area contributed by atoms with Crippen LogP contribution in [0.25, 0.3) is 0 Å². The Morgan fingerprint density at radius 2 is 2.10 bits per heavy atom. The normalized spacial score (nSPS) is 11.8. The van der Waals surface area contributed by atoms with E-state index in [4.69, 9.17) is 9.84 Å². The monoisotopic (exact) mass is 357 g/mol. The molecule has 116 valence electrons. The Kier molecular flexibility index (Phi) is 7.22. The first-order valence-electron chi connectivity index (χ1n) is 6.77. The summed E-state index contributed by atoms with van der Waals surface area (Å²) in [5.74, 6) is -0.0780. The summed E-state index contributed by atoms with van der Waals surface area (Å²) in [6.45, 7) is 2.50. The van der Waals surface area contributed by atoms with Crippen LogP contribution in [0.1, 0.15) is 36.5 Å². The number of benzene rings is 1. The van der Waals surface area contributed by atoms with Crippen molar-refractivity contribution < 1.29 is 19.4 Å². The van der Waals surface area contributed by atoms with E-state index in [-0.39, 0.29) is 18.2 Å². The molecule has 0 saturated carbocycles. The molecule has 6 heteroatoms. The maximum atomic E-state index is 12.1. The van der Waals surface area contributed by atoms with E-state index >= 15 is 0 Å². The number of halogens is 1. The van der Waals surface area contributed by atoms with Crippen LogP contribution in [0.3, 0.4) is 0 Å². The highest BCUT2D eigenvalue weighted by Crippen LogP contribution is 2.22. The lowest BCUT2D eigenvalue weighted by Gasteiger charge is -2.12. The summed E-state index contributed by atoms with van der Waals surface area (Å²) in [6.07, 6.45) is 1.53. The molecule has 1 aromatic carbocycles. The van der Waals surface area contributed by atoms with Gasteiger partial charge < -0.3 is 15.2 Å². The van der Waals surface area contributed by atoms with Gasteiger partial charge in [0.15, 0.2) is 0 Å². The second-order valence-corrected chi connectivity index (χ2v) is 5.78. The Labute approximate surface area is 132 Å². The lowest BCUT2D eigenvalue weighted by Crippen LogP contribution is -2.26. The molecule has 0 saturated heterocycles. The molecule has 1 rings (SSSR count). The van der Waals surface area contributed by atoms with Crippen LogP contribution in [0.2, 0.25) is 0 Å². The van der Waals surface area contributed by atoms with Gasteiger partial charge in [-0.1, -0.05) is 6.92 Å². The predicted octanol–water partition coefficient (Wildman–Crippen LogP) is 3.08. The number of carboxylic acid groups (broad SMARTS) is 1. The molecular weight excluding hydrogens is 338 g/mol. The Balaban J connectivity index is 2.45. The van der Waals surface area contributed by atoms with E-state index in [1.807, 2.05) is 6.92 Å². The number of rotatable bonds is 8. The van der Waals surface area contributed by atoms with Gasteiger partial charge in [0, 0.05) is 17.4 Å². The van der Waals surface area contributed by atoms with Crippen molar-refractivity contribution in [1.82, 2.24) is 5.32 Å². The van der Waals surface area contributed by atoms with Gasteiger partial charge in [-0.05, 0) is 52.9 Å². The minimum absolute atomic E-state index is 0.163. The number of aliphatic carboxylic acids is 1. The highest BCUT2D eigenvalue weighted by atomic mass is 79.9. The predicted molar refractivity (Wildman–Crippen MR) is 83.7 cm³/mol. The summed E-state index contributed by atoms with van der Waals surface area (Å²) >= 11 is 3.34. The van der Waals surface area contributed by atoms with Gasteiger partial charge in [0.2, 0.25) is 0 Å². The lowest BCUT2D eigenvalue weighted by molar-refractivity contribution is -0.137. The first kappa shape index (κ1) is 17.5. The summed E-state index contributed by atoms with van der Waals surface area (Å²) < 4.78 is 5.81. The zero-order chi connectivity index (χ0) is 15.8. The van der Waals surface area contributed by atoms with Crippen LogP contribution in [0, 0.1) is 5.92 Å². The first-order valence-corrected chi connectivity index (χ1v) is 7.57. The minimum atomic E-state index is -0.786. The number of nitrogens with one attached hydrogen (secondary N) is 1. The highest BCUT2D eigenvalue weighted by Gasteiger charge is 2.12. The van der Waals surface area contributed by atoms with Crippen LogP contribution >= 0.6 is 15.9 Å². The van der Waals surface area contributed by atoms with Crippen LogP contribution in [0.5, 0.6) is 5.75 Å². The lowest BCUT2D eigenvalue weighted by atomic mass is 10.0. The van der Waals surface area contributed by atoms with Gasteiger partial charge >= 0.3 is 5.97 Å². The largest absolute Gasteiger partial charge is 0.497 e. The fourth-order valence-electron chi connectivity index (χ4n) is 1.85. The maximum absolute atomic E-state index is 12.1. The van der Waals surface area contributed by atoms with Gasteiger partial charge in [0.25, 0.3) is 5.91 Å². The molecule has 0 aromatic heterocycles. The number of carbonyl (C=O) groups excluding carboxylic acids is 1. The van der Waals surface area contributed by atoms with Crippen molar-refractivity contribution in [3.8, 4) is 5.75 Å². The van der Waals surface area contributed by atoms with E-state index in [0.29, 0.717) is 28.8 Å². The molecule has 1 amide bonds. The fourth-order valence-corrected chi connectivity index (χ4v) is 2.27. The third-order valence-electron chi connectivity index (χ3n) is 3.19. The second kappa shape index (κ2) is 8.67. The summed E-state index contributed by atoms with van der Waals surface area (Å²) in [5, 5.41) is 11.5. The SMILES string of the molecule is COc1ccc(Br)c(C(=O)NCCC(C)CCC(=O)O)c1. The Bertz CT molecular complexity index is 504. The zero-order valence-corrected chi connectivity index (χ0v) is 13.8. The fraction of sp³-hybridized carbons (Fsp3) is 0.467. The molecule has 0 aliphatic rings. The van der Waals surface area contributed by atoms with Gasteiger partial charge in [-0.15, -0.1) is 0 Å². The molecule has 0 radical (unpaired) electrons. The van der Waals surface area contributed by atoms with Crippen LogP contribution in [0.15, 0.2) is 22.7 Å². The summed E-state index contributed by atoms with van der Waals surface area (Å²) in [4.78, 5) is 22.6. The van der Waals surface area contributed by atoms with E-state index in [1.54, 1.807) is 25.3 Å². The third kappa shape index (κ3) is 6.16. The van der Waals surface area contributed by atoms with E-state index in [1.165, 1.54) is 0 Å². The number of ether oxygens (including phenoxy) is 1. The minimum Gasteiger partial charge on any atom is -0.497 e. The molecule has 2 N–H and O–H groups in total. The molecule has 1 atom stereocenters. The molecule has 0 fully saturated rings. The van der Waals surface area contributed by atoms with Crippen molar-refractivity contribution in [2.24, 2.45) is 5.92 Å². The Morgan fingerprint density at radius 1 is 1.38 bits per heavy atom. The molecule has 0 aliphatic heterocycles. The van der Waals surface area contributed by atoms with Gasteiger partial charge in [-0.25, -0.2) is 0 Å². The Morgan fingerprint density at radius 3 is 2.71 bits per heavy atom. The molecule has 5 nitrogen and oxygen atoms in total. The van der Waals surface area contributed by atoms with Crippen molar-refractivity contribution in [3.05, 3.63) is 28.2 Å². The number of methoxy groups -OCH3 is 1. The zero-order valence-electron chi connectivity index (χ0n) is 12.2. The first-order chi connectivity index (χ1) is 9.93. The van der Waals surface area contributed by atoms with Crippen LogP contribution < -0.4 is 10.1 Å². The smallest absolute Gasteiger partial charge is 0.303 e. The number of hydrogen-bond acceptors (Lipinski definition) is 3. The molecule has 0 aliphatic carbocycles. The third-order valence-corrected chi connectivity index (χ3v) is 3.88. The van der Waals surface area contributed by atoms with Crippen molar-refractivity contribution in [2.45, 2.75) is 26.2 Å². The average Bonchev–Trinajstić information content (AvgIpc) is 2.45. The average molecular weight is 358 g/mol. The molecule has 1 unspecified atom stereocenters. The van der Waals surface area contributed by atoms with Crippen molar-refractivity contribution in [1.29, 1.82) is 0 Å². The molecule has 0 spiro atoms. The maximum Gasteiger partial charge on any atom is 0.303 e. The van der Waals surface area contributed by atoms with Crippen molar-refractivity contribution >= 4 is 27.8 Å². The quantitative estimate of drug-likeness (QED) is 0.749. The number of amides is 1. The van der Waals surface area contributed by atoms with E-state index < -0.39 is 5.97 Å². The van der Waals surface area contributed by atoms with Crippen molar-refractivity contribution in [2.75, 3.05) is 13.7 Å². The Hall–Kier alpha value is -1.56. The van der Waals surface area contributed by atoms with Gasteiger partial charge in [0.1, 0.15) is 5.75 Å². The van der Waals surface area contributed by atoms with E-state index in [2.05, 4.69) is 21.2 Å². The molecular formula is C15H20BrNO4. The van der Waals surface area contributed by atoms with E-state index in [0.717, 1.165) is 6.42 Å². The van der Waals surface area contributed by atoms with Crippen LogP contribution in [-0.2, 0) is 4.79 Å². The number of carbonyl (C=O) groups is 2. The topological polar surface area (TPSA) is 75.6 Å². The molecule has 0 heterocycles. The van der Waals surface area contributed by atoms with Gasteiger partial charge in [-0.2, -0.15) is 0 Å².